The zero-order valence-corrected chi connectivity index (χ0v) is 10.9. The van der Waals surface area contributed by atoms with Crippen LogP contribution in [0.2, 0.25) is 0 Å². The summed E-state index contributed by atoms with van der Waals surface area (Å²) < 4.78 is 0. The molecule has 1 atom stereocenters. The topological polar surface area (TPSA) is 46.3 Å². The molecule has 1 saturated carbocycles. The first-order valence-corrected chi connectivity index (χ1v) is 7.40. The van der Waals surface area contributed by atoms with Crippen molar-refractivity contribution in [2.45, 2.75) is 38.1 Å². The van der Waals surface area contributed by atoms with Gasteiger partial charge in [0.25, 0.3) is 0 Å². The van der Waals surface area contributed by atoms with Gasteiger partial charge in [-0.2, -0.15) is 11.8 Å². The molecule has 2 aliphatic rings. The molecule has 0 bridgehead atoms. The monoisotopic (exact) mass is 242 g/mol. The van der Waals surface area contributed by atoms with Crippen LogP contribution in [0.1, 0.15) is 32.1 Å². The lowest BCUT2D eigenvalue weighted by Crippen LogP contribution is -2.48. The standard InChI is InChI=1S/C12H22N2OS/c1-14(10-4-7-16-8-10)11(15)12(9-13)5-2-3-6-12/h10H,2-9,13H2,1H3. The molecule has 1 unspecified atom stereocenters. The highest BCUT2D eigenvalue weighted by Crippen LogP contribution is 2.39. The lowest BCUT2D eigenvalue weighted by molar-refractivity contribution is -0.141. The summed E-state index contributed by atoms with van der Waals surface area (Å²) in [5.74, 6) is 2.60. The molecule has 1 amide bonds. The number of hydrogen-bond donors (Lipinski definition) is 1. The van der Waals surface area contributed by atoms with E-state index in [2.05, 4.69) is 0 Å². The number of carbonyl (C=O) groups excluding carboxylic acids is 1. The van der Waals surface area contributed by atoms with E-state index in [1.165, 1.54) is 5.75 Å². The molecule has 1 heterocycles. The summed E-state index contributed by atoms with van der Waals surface area (Å²) in [4.78, 5) is 14.5. The van der Waals surface area contributed by atoms with Crippen molar-refractivity contribution in [3.63, 3.8) is 0 Å². The normalized spacial score (nSPS) is 28.2. The van der Waals surface area contributed by atoms with Gasteiger partial charge in [-0.25, -0.2) is 0 Å². The van der Waals surface area contributed by atoms with Gasteiger partial charge in [-0.1, -0.05) is 12.8 Å². The van der Waals surface area contributed by atoms with E-state index in [0.717, 1.165) is 37.9 Å². The van der Waals surface area contributed by atoms with E-state index in [1.807, 2.05) is 23.7 Å². The van der Waals surface area contributed by atoms with E-state index in [-0.39, 0.29) is 5.41 Å². The third-order valence-corrected chi connectivity index (χ3v) is 5.32. The molecule has 0 spiro atoms. The highest BCUT2D eigenvalue weighted by molar-refractivity contribution is 7.99. The first-order valence-electron chi connectivity index (χ1n) is 6.25. The van der Waals surface area contributed by atoms with Crippen molar-refractivity contribution >= 4 is 17.7 Å². The minimum Gasteiger partial charge on any atom is -0.341 e. The van der Waals surface area contributed by atoms with Crippen molar-refractivity contribution in [1.29, 1.82) is 0 Å². The first kappa shape index (κ1) is 12.2. The van der Waals surface area contributed by atoms with Gasteiger partial charge in [0, 0.05) is 25.4 Å². The minimum atomic E-state index is -0.220. The Balaban J connectivity index is 2.04. The molecule has 0 aromatic carbocycles. The Hall–Kier alpha value is -0.220. The highest BCUT2D eigenvalue weighted by Gasteiger charge is 2.43. The molecule has 2 rings (SSSR count). The minimum absolute atomic E-state index is 0.220. The molecule has 16 heavy (non-hydrogen) atoms. The second kappa shape index (κ2) is 4.96. The van der Waals surface area contributed by atoms with Gasteiger partial charge < -0.3 is 10.6 Å². The van der Waals surface area contributed by atoms with Crippen LogP contribution in [-0.2, 0) is 4.79 Å². The maximum Gasteiger partial charge on any atom is 0.230 e. The molecular weight excluding hydrogens is 220 g/mol. The van der Waals surface area contributed by atoms with Gasteiger partial charge in [0.15, 0.2) is 0 Å². The van der Waals surface area contributed by atoms with Gasteiger partial charge in [-0.15, -0.1) is 0 Å². The summed E-state index contributed by atoms with van der Waals surface area (Å²) in [6.07, 6.45) is 5.46. The largest absolute Gasteiger partial charge is 0.341 e. The van der Waals surface area contributed by atoms with Crippen molar-refractivity contribution in [3.8, 4) is 0 Å². The van der Waals surface area contributed by atoms with Crippen LogP contribution >= 0.6 is 11.8 Å². The second-order valence-electron chi connectivity index (χ2n) is 5.13. The fourth-order valence-electron chi connectivity index (χ4n) is 2.92. The average Bonchev–Trinajstić information content (AvgIpc) is 2.98. The Bertz CT molecular complexity index is 258. The summed E-state index contributed by atoms with van der Waals surface area (Å²) in [5.41, 5.74) is 5.63. The maximum absolute atomic E-state index is 12.5. The van der Waals surface area contributed by atoms with Crippen LogP contribution in [0, 0.1) is 5.41 Å². The van der Waals surface area contributed by atoms with Crippen LogP contribution in [0.3, 0.4) is 0 Å². The Morgan fingerprint density at radius 3 is 2.69 bits per heavy atom. The van der Waals surface area contributed by atoms with Crippen molar-refractivity contribution < 1.29 is 4.79 Å². The molecule has 1 aliphatic heterocycles. The fourth-order valence-corrected chi connectivity index (χ4v) is 4.19. The molecule has 2 fully saturated rings. The molecule has 3 nitrogen and oxygen atoms in total. The first-order chi connectivity index (χ1) is 7.69. The van der Waals surface area contributed by atoms with Crippen LogP contribution in [0.15, 0.2) is 0 Å². The van der Waals surface area contributed by atoms with Gasteiger partial charge in [0.05, 0.1) is 5.41 Å². The highest BCUT2D eigenvalue weighted by atomic mass is 32.2. The zero-order chi connectivity index (χ0) is 11.6. The van der Waals surface area contributed by atoms with Crippen LogP contribution in [0.4, 0.5) is 0 Å². The average molecular weight is 242 g/mol. The summed E-state index contributed by atoms with van der Waals surface area (Å²) in [6, 6.07) is 0.446. The Morgan fingerprint density at radius 2 is 2.19 bits per heavy atom. The molecule has 92 valence electrons. The lowest BCUT2D eigenvalue weighted by atomic mass is 9.84. The van der Waals surface area contributed by atoms with Crippen molar-refractivity contribution in [3.05, 3.63) is 0 Å². The van der Waals surface area contributed by atoms with Crippen molar-refractivity contribution in [1.82, 2.24) is 4.90 Å². The van der Waals surface area contributed by atoms with Crippen LogP contribution in [0.25, 0.3) is 0 Å². The number of rotatable bonds is 3. The predicted octanol–water partition coefficient (Wildman–Crippen LogP) is 1.47. The molecule has 4 heteroatoms. The van der Waals surface area contributed by atoms with Crippen LogP contribution < -0.4 is 5.73 Å². The Labute approximate surface area is 102 Å². The molecule has 1 saturated heterocycles. The Kier molecular flexibility index (Phi) is 3.80. The van der Waals surface area contributed by atoms with E-state index in [9.17, 15) is 4.79 Å². The number of amides is 1. The summed E-state index contributed by atoms with van der Waals surface area (Å²) >= 11 is 1.95. The maximum atomic E-state index is 12.5. The third kappa shape index (κ3) is 2.09. The molecule has 0 radical (unpaired) electrons. The second-order valence-corrected chi connectivity index (χ2v) is 6.27. The lowest BCUT2D eigenvalue weighted by Gasteiger charge is -2.34. The summed E-state index contributed by atoms with van der Waals surface area (Å²) in [6.45, 7) is 0.524. The third-order valence-electron chi connectivity index (χ3n) is 4.18. The van der Waals surface area contributed by atoms with Crippen molar-refractivity contribution in [2.75, 3.05) is 25.1 Å². The number of nitrogens with zero attached hydrogens (tertiary/aromatic N) is 1. The van der Waals surface area contributed by atoms with E-state index >= 15 is 0 Å². The number of carbonyl (C=O) groups is 1. The van der Waals surface area contributed by atoms with E-state index in [0.29, 0.717) is 18.5 Å². The number of thioether (sulfide) groups is 1. The fraction of sp³-hybridized carbons (Fsp3) is 0.917. The SMILES string of the molecule is CN(C(=O)C1(CN)CCCC1)C1CCSC1. The number of nitrogens with two attached hydrogens (primary N) is 1. The molecule has 1 aliphatic carbocycles. The van der Waals surface area contributed by atoms with Crippen LogP contribution in [0.5, 0.6) is 0 Å². The summed E-state index contributed by atoms with van der Waals surface area (Å²) in [7, 11) is 1.97. The quantitative estimate of drug-likeness (QED) is 0.815. The van der Waals surface area contributed by atoms with Gasteiger partial charge >= 0.3 is 0 Å². The van der Waals surface area contributed by atoms with Gasteiger partial charge in [-0.3, -0.25) is 4.79 Å². The molecule has 0 aromatic heterocycles. The van der Waals surface area contributed by atoms with Gasteiger partial charge in [0.1, 0.15) is 0 Å². The van der Waals surface area contributed by atoms with E-state index in [1.54, 1.807) is 0 Å². The van der Waals surface area contributed by atoms with Gasteiger partial charge in [-0.05, 0) is 25.0 Å². The van der Waals surface area contributed by atoms with E-state index in [4.69, 9.17) is 5.73 Å². The number of hydrogen-bond acceptors (Lipinski definition) is 3. The molecular formula is C12H22N2OS. The smallest absolute Gasteiger partial charge is 0.230 e. The molecule has 0 aromatic rings. The zero-order valence-electron chi connectivity index (χ0n) is 10.1. The van der Waals surface area contributed by atoms with Crippen molar-refractivity contribution in [2.24, 2.45) is 11.1 Å². The Morgan fingerprint density at radius 1 is 1.50 bits per heavy atom. The summed E-state index contributed by atoms with van der Waals surface area (Å²) in [5, 5.41) is 0. The van der Waals surface area contributed by atoms with Crippen LogP contribution in [-0.4, -0.2) is 41.9 Å². The van der Waals surface area contributed by atoms with E-state index < -0.39 is 0 Å². The van der Waals surface area contributed by atoms with Gasteiger partial charge in [0.2, 0.25) is 5.91 Å². The predicted molar refractivity (Wildman–Crippen MR) is 68.5 cm³/mol. The molecule has 2 N–H and O–H groups in total.